The van der Waals surface area contributed by atoms with E-state index < -0.39 is 41.3 Å². The Hall–Kier alpha value is -3.17. The molecular formula is C28H33N3O5S. The van der Waals surface area contributed by atoms with Gasteiger partial charge in [0.2, 0.25) is 17.7 Å². The number of carbonyl (C=O) groups excluding carboxylic acids is 4. The van der Waals surface area contributed by atoms with Crippen molar-refractivity contribution in [3.05, 3.63) is 71.3 Å². The quantitative estimate of drug-likeness (QED) is 0.514. The highest BCUT2D eigenvalue weighted by molar-refractivity contribution is 7.99. The van der Waals surface area contributed by atoms with Gasteiger partial charge in [0.25, 0.3) is 5.91 Å². The lowest BCUT2D eigenvalue weighted by molar-refractivity contribution is -0.154. The highest BCUT2D eigenvalue weighted by Gasteiger charge is 2.51. The van der Waals surface area contributed by atoms with Gasteiger partial charge in [-0.1, -0.05) is 68.4 Å². The summed E-state index contributed by atoms with van der Waals surface area (Å²) in [7, 11) is 0. The average Bonchev–Trinajstić information content (AvgIpc) is 3.44. The highest BCUT2D eigenvalue weighted by Crippen LogP contribution is 2.35. The second kappa shape index (κ2) is 11.1. The first kappa shape index (κ1) is 26.9. The van der Waals surface area contributed by atoms with Crippen LogP contribution in [0.25, 0.3) is 0 Å². The Balaban J connectivity index is 1.53. The van der Waals surface area contributed by atoms with Crippen LogP contribution in [0.2, 0.25) is 0 Å². The number of aliphatic hydroxyl groups is 1. The number of carbonyl (C=O) groups is 4. The number of nitrogens with zero attached hydrogens (tertiary/aromatic N) is 2. The number of likely N-dealkylation sites (tertiary alicyclic amines) is 1. The van der Waals surface area contributed by atoms with Crippen molar-refractivity contribution in [1.82, 2.24) is 15.1 Å². The molecule has 0 spiro atoms. The third-order valence-corrected chi connectivity index (χ3v) is 8.09. The molecule has 8 nitrogen and oxygen atoms in total. The zero-order valence-corrected chi connectivity index (χ0v) is 22.2. The molecule has 0 aliphatic carbocycles. The molecule has 0 saturated carbocycles. The normalized spacial score (nSPS) is 20.7. The zero-order chi connectivity index (χ0) is 26.7. The van der Waals surface area contributed by atoms with Crippen molar-refractivity contribution in [2.75, 3.05) is 11.6 Å². The molecule has 2 aromatic rings. The standard InChI is InChI=1S/C28H33N3O5S/c1-18-9-7-8-12-20(18)15-29-25(34)22-16-37-17-30(22)26(35)24(33)21(13-19-10-5-4-6-11-19)31-23(32)14-28(2,3)27(31)36/h4-12,21-22,24,33H,13-17H2,1-3H3,(H,29,34)/t21-,22-,24-/m0/s1. The molecule has 0 bridgehead atoms. The van der Waals surface area contributed by atoms with Crippen LogP contribution in [0.15, 0.2) is 54.6 Å². The number of hydrogen-bond acceptors (Lipinski definition) is 6. The van der Waals surface area contributed by atoms with Crippen LogP contribution in [0.3, 0.4) is 0 Å². The lowest BCUT2D eigenvalue weighted by Gasteiger charge is -2.34. The molecular weight excluding hydrogens is 490 g/mol. The summed E-state index contributed by atoms with van der Waals surface area (Å²) in [5.41, 5.74) is 1.92. The van der Waals surface area contributed by atoms with Gasteiger partial charge in [0.15, 0.2) is 6.10 Å². The van der Waals surface area contributed by atoms with Gasteiger partial charge in [-0.2, -0.15) is 0 Å². The van der Waals surface area contributed by atoms with Gasteiger partial charge in [-0.15, -0.1) is 11.8 Å². The Morgan fingerprint density at radius 2 is 1.78 bits per heavy atom. The van der Waals surface area contributed by atoms with Gasteiger partial charge >= 0.3 is 0 Å². The van der Waals surface area contributed by atoms with Gasteiger partial charge < -0.3 is 15.3 Å². The number of nitrogens with one attached hydrogen (secondary N) is 1. The number of amides is 4. The van der Waals surface area contributed by atoms with Crippen molar-refractivity contribution in [1.29, 1.82) is 0 Å². The van der Waals surface area contributed by atoms with Crippen molar-refractivity contribution >= 4 is 35.4 Å². The van der Waals surface area contributed by atoms with Crippen LogP contribution in [-0.4, -0.2) is 68.4 Å². The Kier molecular flexibility index (Phi) is 8.04. The fourth-order valence-electron chi connectivity index (χ4n) is 4.83. The van der Waals surface area contributed by atoms with Crippen LogP contribution >= 0.6 is 11.8 Å². The molecule has 2 saturated heterocycles. The summed E-state index contributed by atoms with van der Waals surface area (Å²) in [6, 6.07) is 15.1. The summed E-state index contributed by atoms with van der Waals surface area (Å²) in [4.78, 5) is 55.1. The van der Waals surface area contributed by atoms with Gasteiger partial charge in [-0.3, -0.25) is 24.1 Å². The van der Waals surface area contributed by atoms with E-state index in [1.807, 2.05) is 61.5 Å². The second-order valence-corrected chi connectivity index (χ2v) is 11.3. The molecule has 3 atom stereocenters. The van der Waals surface area contributed by atoms with E-state index in [0.29, 0.717) is 12.3 Å². The molecule has 37 heavy (non-hydrogen) atoms. The lowest BCUT2D eigenvalue weighted by atomic mass is 9.91. The largest absolute Gasteiger partial charge is 0.381 e. The maximum atomic E-state index is 13.6. The van der Waals surface area contributed by atoms with Gasteiger partial charge in [0, 0.05) is 18.7 Å². The van der Waals surface area contributed by atoms with Gasteiger partial charge in [-0.05, 0) is 30.0 Å². The number of thioether (sulfide) groups is 1. The Morgan fingerprint density at radius 1 is 1.11 bits per heavy atom. The Labute approximate surface area is 221 Å². The summed E-state index contributed by atoms with van der Waals surface area (Å²) in [6.45, 7) is 5.67. The van der Waals surface area contributed by atoms with E-state index in [0.717, 1.165) is 21.6 Å². The lowest BCUT2D eigenvalue weighted by Crippen LogP contribution is -2.57. The minimum Gasteiger partial charge on any atom is -0.381 e. The maximum Gasteiger partial charge on any atom is 0.254 e. The fraction of sp³-hybridized carbons (Fsp3) is 0.429. The van der Waals surface area contributed by atoms with Crippen molar-refractivity contribution < 1.29 is 24.3 Å². The first-order valence-electron chi connectivity index (χ1n) is 12.4. The van der Waals surface area contributed by atoms with Crippen LogP contribution in [0, 0.1) is 12.3 Å². The highest BCUT2D eigenvalue weighted by atomic mass is 32.2. The second-order valence-electron chi connectivity index (χ2n) is 10.3. The molecule has 0 radical (unpaired) electrons. The minimum atomic E-state index is -1.66. The van der Waals surface area contributed by atoms with Crippen molar-refractivity contribution in [3.63, 3.8) is 0 Å². The third kappa shape index (κ3) is 5.72. The molecule has 4 amide bonds. The van der Waals surface area contributed by atoms with E-state index in [-0.39, 0.29) is 24.6 Å². The zero-order valence-electron chi connectivity index (χ0n) is 21.3. The Morgan fingerprint density at radius 3 is 2.43 bits per heavy atom. The topological polar surface area (TPSA) is 107 Å². The van der Waals surface area contributed by atoms with E-state index in [4.69, 9.17) is 0 Å². The predicted octanol–water partition coefficient (Wildman–Crippen LogP) is 2.27. The SMILES string of the molecule is Cc1ccccc1CNC(=O)[C@@H]1CSCN1C(=O)[C@@H](O)[C@H](Cc1ccccc1)N1C(=O)CC(C)(C)C1=O. The predicted molar refractivity (Wildman–Crippen MR) is 141 cm³/mol. The molecule has 2 fully saturated rings. The molecule has 2 N–H and O–H groups in total. The summed E-state index contributed by atoms with van der Waals surface area (Å²) < 4.78 is 0. The third-order valence-electron chi connectivity index (χ3n) is 7.08. The molecule has 2 aliphatic heterocycles. The van der Waals surface area contributed by atoms with Crippen LogP contribution in [0.1, 0.15) is 37.0 Å². The number of aliphatic hydroxyl groups excluding tert-OH is 1. The fourth-order valence-corrected chi connectivity index (χ4v) is 6.00. The number of aryl methyl sites for hydroxylation is 1. The smallest absolute Gasteiger partial charge is 0.254 e. The summed E-state index contributed by atoms with van der Waals surface area (Å²) in [6.07, 6.45) is -1.51. The first-order valence-corrected chi connectivity index (χ1v) is 13.5. The average molecular weight is 524 g/mol. The van der Waals surface area contributed by atoms with Crippen LogP contribution in [-0.2, 0) is 32.1 Å². The summed E-state index contributed by atoms with van der Waals surface area (Å²) in [5.74, 6) is -1.14. The molecule has 0 aromatic heterocycles. The monoisotopic (exact) mass is 523 g/mol. The first-order chi connectivity index (χ1) is 17.6. The van der Waals surface area contributed by atoms with Crippen LogP contribution in [0.4, 0.5) is 0 Å². The molecule has 2 heterocycles. The number of imide groups is 1. The van der Waals surface area contributed by atoms with Crippen molar-refractivity contribution in [2.45, 2.75) is 58.3 Å². The van der Waals surface area contributed by atoms with E-state index in [2.05, 4.69) is 5.32 Å². The van der Waals surface area contributed by atoms with Gasteiger partial charge in [-0.25, -0.2) is 0 Å². The summed E-state index contributed by atoms with van der Waals surface area (Å²) in [5, 5.41) is 14.2. The molecule has 0 unspecified atom stereocenters. The van der Waals surface area contributed by atoms with Gasteiger partial charge in [0.05, 0.1) is 17.3 Å². The molecule has 4 rings (SSSR count). The molecule has 9 heteroatoms. The maximum absolute atomic E-state index is 13.6. The number of benzene rings is 2. The number of hydrogen-bond donors (Lipinski definition) is 2. The van der Waals surface area contributed by atoms with Crippen molar-refractivity contribution in [2.24, 2.45) is 5.41 Å². The molecule has 196 valence electrons. The minimum absolute atomic E-state index is 0.0154. The van der Waals surface area contributed by atoms with Gasteiger partial charge in [0.1, 0.15) is 6.04 Å². The van der Waals surface area contributed by atoms with E-state index >= 15 is 0 Å². The summed E-state index contributed by atoms with van der Waals surface area (Å²) >= 11 is 1.42. The number of rotatable bonds is 8. The van der Waals surface area contributed by atoms with Crippen molar-refractivity contribution in [3.8, 4) is 0 Å². The van der Waals surface area contributed by atoms with E-state index in [1.54, 1.807) is 13.8 Å². The van der Waals surface area contributed by atoms with Crippen LogP contribution in [0.5, 0.6) is 0 Å². The molecule has 2 aliphatic rings. The Bertz CT molecular complexity index is 1190. The molecule has 2 aromatic carbocycles. The van der Waals surface area contributed by atoms with Crippen LogP contribution < -0.4 is 5.32 Å². The van der Waals surface area contributed by atoms with E-state index in [1.165, 1.54) is 16.7 Å². The van der Waals surface area contributed by atoms with E-state index in [9.17, 15) is 24.3 Å².